The van der Waals surface area contributed by atoms with E-state index in [4.69, 9.17) is 134 Å². The van der Waals surface area contributed by atoms with Crippen molar-refractivity contribution in [1.82, 2.24) is 5.32 Å². The van der Waals surface area contributed by atoms with E-state index in [0.29, 0.717) is 6.61 Å². The predicted molar refractivity (Wildman–Crippen MR) is 504 cm³/mol. The molecular weight excluding hydrogens is 1790 g/mol. The fraction of sp³-hybridized carbons (Fsp3) is 0.632. The molecule has 16 unspecified atom stereocenters. The Morgan fingerprint density at radius 2 is 0.585 bits per heavy atom. The zero-order valence-electron chi connectivity index (χ0n) is 81.0. The molecule has 742 valence electrons. The molecule has 26 nitrogen and oxygen atoms in total. The van der Waals surface area contributed by atoms with E-state index < -0.39 is 199 Å². The highest BCUT2D eigenvalue weighted by Crippen LogP contribution is 2.48. The van der Waals surface area contributed by atoms with E-state index in [1.807, 2.05) is 244 Å². The van der Waals surface area contributed by atoms with Gasteiger partial charge in [0.25, 0.3) is 9.70 Å². The number of benzene rings is 6. The van der Waals surface area contributed by atoms with Gasteiger partial charge in [-0.15, -0.1) is 0 Å². The molecule has 8 aliphatic rings. The van der Waals surface area contributed by atoms with Gasteiger partial charge in [0.15, 0.2) is 56.2 Å². The van der Waals surface area contributed by atoms with Crippen LogP contribution in [-0.2, 0) is 153 Å². The van der Waals surface area contributed by atoms with E-state index >= 15 is 9.59 Å². The molecule has 0 spiro atoms. The number of aliphatic hydroxyl groups excluding tert-OH is 1. The molecule has 8 heterocycles. The van der Waals surface area contributed by atoms with Crippen molar-refractivity contribution in [2.45, 2.75) is 334 Å². The van der Waals surface area contributed by atoms with Crippen LogP contribution >= 0.6 is 34.8 Å². The summed E-state index contributed by atoms with van der Waals surface area (Å²) in [6, 6.07) is 56.9. The van der Waals surface area contributed by atoms with Crippen LogP contribution in [0.4, 0.5) is 0 Å². The van der Waals surface area contributed by atoms with Crippen molar-refractivity contribution in [3.8, 4) is 0 Å². The second-order valence-corrected chi connectivity index (χ2v) is 41.5. The van der Waals surface area contributed by atoms with Crippen LogP contribution in [0.3, 0.4) is 0 Å². The van der Waals surface area contributed by atoms with E-state index in [1.165, 1.54) is 0 Å². The third kappa shape index (κ3) is 25.8. The van der Waals surface area contributed by atoms with Gasteiger partial charge in [-0.1, -0.05) is 307 Å². The zero-order valence-corrected chi connectivity index (χ0v) is 83.2. The lowest BCUT2D eigenvalue weighted by atomic mass is 9.82. The van der Waals surface area contributed by atoms with E-state index in [0.717, 1.165) is 33.4 Å². The number of alkyl halides is 3. The van der Waals surface area contributed by atoms with E-state index in [-0.39, 0.29) is 112 Å². The molecule has 29 heteroatoms. The summed E-state index contributed by atoms with van der Waals surface area (Å²) in [7, 11) is 0. The number of carbonyl (C=O) groups is 3. The van der Waals surface area contributed by atoms with Crippen LogP contribution in [-0.4, -0.2) is 206 Å². The maximum atomic E-state index is 15.6. The van der Waals surface area contributed by atoms with Gasteiger partial charge in [-0.3, -0.25) is 4.79 Å². The summed E-state index contributed by atoms with van der Waals surface area (Å²) >= 11 is 19.0. The fourth-order valence-electron chi connectivity index (χ4n) is 20.0. The topological polar surface area (TPSA) is 277 Å². The van der Waals surface area contributed by atoms with Gasteiger partial charge >= 0.3 is 11.9 Å². The largest absolute Gasteiger partial charge is 0.459 e. The van der Waals surface area contributed by atoms with Crippen molar-refractivity contribution in [3.05, 3.63) is 215 Å². The van der Waals surface area contributed by atoms with Gasteiger partial charge in [-0.2, -0.15) is 0 Å². The highest BCUT2D eigenvalue weighted by molar-refractivity contribution is 6.76. The van der Waals surface area contributed by atoms with Gasteiger partial charge in [0.05, 0.1) is 101 Å². The fourth-order valence-corrected chi connectivity index (χ4v) is 20.2. The molecule has 8 saturated heterocycles. The first-order valence-corrected chi connectivity index (χ1v) is 49.7. The van der Waals surface area contributed by atoms with Crippen LogP contribution < -0.4 is 5.32 Å². The number of hydrogen-bond acceptors (Lipinski definition) is 25. The standard InChI is InChI=1S/C106H142Cl3NO25/c1-57-61(5)84(111)99(122-70(57)14)132-92-63(7)59(3)71(15)123-102(92)129-87-67(11)89(117-51-77-41-29-21-30-42-77)100(134-94(87)96(112)119-53-79-45-33-23-34-46-79)127-85-65(9)82(56-116-50-76-39-27-20-28-40-76)126-98(69(85)13)131-91-62(6)58(2)73(17)125-104(91)133-93-64(8)60(4)72(16)124-103(93)130-88-68(12)90(118-52-78-43-31-22-32-44-78)101(135-95(88)97(113)120-54-80-47-35-24-36-48-80)128-86-66(10)81(55-115-49-75-37-25-19-26-38-75)121-74(18)83(86)110-105(114)106(107,108)109/h19-48,57-74,81-95,98-104,111H,49-56H2,1-18H3,(H,110,114)/t57-,58-,59-,60-,61?,62?,63?,64?,65+,66+,67+,68+,69?,70+,71+,72+,73+,74+,81?,82?,83?,84?,85+,86+,87-,88-,89?,90?,91?,92?,93?,94?,95?,98+,99+,100-,101-,102+,103+,104+/m1/s1. The van der Waals surface area contributed by atoms with Crippen molar-refractivity contribution >= 4 is 52.6 Å². The Balaban J connectivity index is 0.786. The lowest BCUT2D eigenvalue weighted by Crippen LogP contribution is -2.66. The number of esters is 2. The molecule has 8 fully saturated rings. The van der Waals surface area contributed by atoms with Gasteiger partial charge in [-0.05, 0) is 115 Å². The lowest BCUT2D eigenvalue weighted by molar-refractivity contribution is -0.391. The minimum Gasteiger partial charge on any atom is -0.459 e. The van der Waals surface area contributed by atoms with E-state index in [9.17, 15) is 9.90 Å². The molecule has 40 atom stereocenters. The van der Waals surface area contributed by atoms with Crippen LogP contribution in [0, 0.1) is 76.9 Å². The first kappa shape index (κ1) is 105. The molecule has 8 aliphatic heterocycles. The summed E-state index contributed by atoms with van der Waals surface area (Å²) in [6.45, 7) is 37.1. The summed E-state index contributed by atoms with van der Waals surface area (Å²) in [4.78, 5) is 45.1. The Kier molecular flexibility index (Phi) is 37.2. The van der Waals surface area contributed by atoms with Crippen LogP contribution in [0.15, 0.2) is 182 Å². The van der Waals surface area contributed by atoms with Gasteiger partial charge in [0, 0.05) is 29.6 Å². The SMILES string of the molecule is CC1C(O)[C@H](OC2C(C)[C@@H](C)[C@H](C)O[C@H]2O[C@H]2C(C(=O)OCc3ccccc3)O[C@@H](O[C@@H]3C(C)[C@H](OC4C(C)[C@@H](C)[C@H](C)O[C@H]4OC4C(C)[C@@H](C)[C@H](C)O[C@H]4O[C@H]4C(C(=O)OCc5ccccc5)O[C@@H](O[C@@H]5C(NC(=O)C(Cl)(Cl)Cl)[C@H](C)OC(COCc6ccccc6)[C@@H]5C)C(OCc5ccccc5)[C@H]4C)OC(COCc4ccccc4)[C@@H]3C)C(OCc3ccccc3)[C@H]2C)O[C@@H](C)[C@@H]1C. The van der Waals surface area contributed by atoms with Crippen LogP contribution in [0.5, 0.6) is 0 Å². The second kappa shape index (κ2) is 48.0. The zero-order chi connectivity index (χ0) is 96.2. The number of aliphatic hydroxyl groups is 1. The third-order valence-electron chi connectivity index (χ3n) is 30.2. The average Bonchev–Trinajstić information content (AvgIpc) is 0.761. The third-order valence-corrected chi connectivity index (χ3v) is 30.7. The van der Waals surface area contributed by atoms with Crippen molar-refractivity contribution in [2.75, 3.05) is 13.2 Å². The Morgan fingerprint density at radius 1 is 0.289 bits per heavy atom. The summed E-state index contributed by atoms with van der Waals surface area (Å²) in [5.74, 6) is -6.70. The number of nitrogens with one attached hydrogen (secondary N) is 1. The van der Waals surface area contributed by atoms with Gasteiger partial charge in [0.1, 0.15) is 62.0 Å². The average molecular weight is 1940 g/mol. The smallest absolute Gasteiger partial charge is 0.338 e. The van der Waals surface area contributed by atoms with E-state index in [1.54, 1.807) is 6.92 Å². The predicted octanol–water partition coefficient (Wildman–Crippen LogP) is 17.2. The van der Waals surface area contributed by atoms with Crippen LogP contribution in [0.1, 0.15) is 158 Å². The number of ether oxygens (including phenoxy) is 21. The summed E-state index contributed by atoms with van der Waals surface area (Å²) in [6.07, 6.45) is -24.3. The van der Waals surface area contributed by atoms with Crippen molar-refractivity contribution in [3.63, 3.8) is 0 Å². The number of hydrogen-bond donors (Lipinski definition) is 2. The molecule has 1 amide bonds. The number of halogens is 3. The second-order valence-electron chi connectivity index (χ2n) is 39.2. The Morgan fingerprint density at radius 3 is 0.963 bits per heavy atom. The normalized spacial score (nSPS) is 39.2. The molecule has 0 aromatic heterocycles. The summed E-state index contributed by atoms with van der Waals surface area (Å²) in [5.41, 5.74) is 5.11. The first-order chi connectivity index (χ1) is 64.7. The molecule has 6 aromatic rings. The highest BCUT2D eigenvalue weighted by atomic mass is 35.6. The monoisotopic (exact) mass is 1930 g/mol. The molecule has 0 aliphatic carbocycles. The highest BCUT2D eigenvalue weighted by Gasteiger charge is 2.60. The van der Waals surface area contributed by atoms with Crippen LogP contribution in [0.25, 0.3) is 0 Å². The van der Waals surface area contributed by atoms with Crippen molar-refractivity contribution < 1.29 is 119 Å². The molecule has 0 radical (unpaired) electrons. The minimum absolute atomic E-state index is 0.0257. The molecule has 14 rings (SSSR count). The number of rotatable bonds is 35. The number of carbonyl (C=O) groups excluding carboxylic acids is 3. The molecular formula is C106H142Cl3NO25. The molecule has 2 N–H and O–H groups in total. The van der Waals surface area contributed by atoms with Crippen LogP contribution in [0.2, 0.25) is 0 Å². The minimum atomic E-state index is -2.38. The van der Waals surface area contributed by atoms with Crippen molar-refractivity contribution in [1.29, 1.82) is 0 Å². The van der Waals surface area contributed by atoms with E-state index in [2.05, 4.69) is 60.7 Å². The molecule has 0 bridgehead atoms. The molecule has 135 heavy (non-hydrogen) atoms. The summed E-state index contributed by atoms with van der Waals surface area (Å²) < 4.78 is 146. The number of amides is 1. The Bertz CT molecular complexity index is 4610. The Hall–Kier alpha value is -6.20. The molecule has 6 aromatic carbocycles. The maximum absolute atomic E-state index is 15.6. The lowest BCUT2D eigenvalue weighted by Gasteiger charge is -2.53. The molecule has 0 saturated carbocycles. The van der Waals surface area contributed by atoms with Gasteiger partial charge in [-0.25, -0.2) is 9.59 Å². The Labute approximate surface area is 811 Å². The summed E-state index contributed by atoms with van der Waals surface area (Å²) in [5, 5.41) is 14.8. The van der Waals surface area contributed by atoms with Gasteiger partial charge < -0.3 is 110 Å². The first-order valence-electron chi connectivity index (χ1n) is 48.5. The maximum Gasteiger partial charge on any atom is 0.338 e. The van der Waals surface area contributed by atoms with Gasteiger partial charge in [0.2, 0.25) is 0 Å². The van der Waals surface area contributed by atoms with Crippen molar-refractivity contribution in [2.24, 2.45) is 76.9 Å². The quantitative estimate of drug-likeness (QED) is 0.0276.